The van der Waals surface area contributed by atoms with Gasteiger partial charge in [-0.1, -0.05) is 60.5 Å². The predicted octanol–water partition coefficient (Wildman–Crippen LogP) is 6.70. The highest BCUT2D eigenvalue weighted by Gasteiger charge is 2.29. The first-order chi connectivity index (χ1) is 17.4. The van der Waals surface area contributed by atoms with Crippen molar-refractivity contribution >= 4 is 45.7 Å². The molecule has 5 nitrogen and oxygen atoms in total. The number of benzene rings is 3. The number of aliphatic carboxylic acids is 1. The smallest absolute Gasteiger partial charge is 0.328 e. The average Bonchev–Trinajstić information content (AvgIpc) is 3.22. The molecule has 0 radical (unpaired) electrons. The normalized spacial score (nSPS) is 14.8. The molecule has 0 amide bonds. The molecule has 1 saturated carbocycles. The summed E-state index contributed by atoms with van der Waals surface area (Å²) in [6, 6.07) is 18.7. The van der Waals surface area contributed by atoms with E-state index in [4.69, 9.17) is 16.7 Å². The number of allylic oxidation sites excluding steroid dienone is 1. The fourth-order valence-electron chi connectivity index (χ4n) is 4.67. The van der Waals surface area contributed by atoms with E-state index in [0.29, 0.717) is 15.9 Å². The Hall–Kier alpha value is -3.74. The maximum Gasteiger partial charge on any atom is 0.328 e. The van der Waals surface area contributed by atoms with E-state index in [-0.39, 0.29) is 12.5 Å². The molecule has 0 unspecified atom stereocenters. The third-order valence-electron chi connectivity index (χ3n) is 6.70. The van der Waals surface area contributed by atoms with Crippen molar-refractivity contribution < 1.29 is 19.4 Å². The Kier molecular flexibility index (Phi) is 6.72. The minimum atomic E-state index is -1.01. The number of rotatable bonds is 7. The molecule has 5 rings (SSSR count). The minimum absolute atomic E-state index is 0.100. The summed E-state index contributed by atoms with van der Waals surface area (Å²) in [5.74, 6) is -1.23. The summed E-state index contributed by atoms with van der Waals surface area (Å²) < 4.78 is 14.5. The van der Waals surface area contributed by atoms with Crippen LogP contribution in [0.15, 0.2) is 66.7 Å². The average molecular weight is 503 g/mol. The van der Waals surface area contributed by atoms with Gasteiger partial charge in [0, 0.05) is 11.1 Å². The van der Waals surface area contributed by atoms with Crippen LogP contribution in [-0.4, -0.2) is 26.4 Å². The minimum Gasteiger partial charge on any atom is -0.478 e. The Labute approximate surface area is 212 Å². The second kappa shape index (κ2) is 10.1. The van der Waals surface area contributed by atoms with Crippen LogP contribution < -0.4 is 0 Å². The van der Waals surface area contributed by atoms with E-state index < -0.39 is 11.9 Å². The molecule has 182 valence electrons. The Balaban J connectivity index is 1.76. The summed E-state index contributed by atoms with van der Waals surface area (Å²) in [5.41, 5.74) is 6.68. The number of aromatic nitrogens is 2. The second-order valence-electron chi connectivity index (χ2n) is 8.95. The summed E-state index contributed by atoms with van der Waals surface area (Å²) in [5, 5.41) is 25.9. The number of aromatic amines is 1. The summed E-state index contributed by atoms with van der Waals surface area (Å²) >= 11 is 6.76. The molecule has 0 bridgehead atoms. The lowest BCUT2D eigenvalue weighted by molar-refractivity contribution is -0.131. The third-order valence-corrected chi connectivity index (χ3v) is 7.02. The number of nitrogens with zero attached hydrogens (tertiary/aromatic N) is 1. The van der Waals surface area contributed by atoms with Gasteiger partial charge in [0.2, 0.25) is 5.95 Å². The Morgan fingerprint density at radius 2 is 1.83 bits per heavy atom. The lowest BCUT2D eigenvalue weighted by Gasteiger charge is -2.32. The van der Waals surface area contributed by atoms with Crippen LogP contribution in [-0.2, 0) is 11.4 Å². The van der Waals surface area contributed by atoms with Gasteiger partial charge < -0.3 is 10.2 Å². The van der Waals surface area contributed by atoms with Gasteiger partial charge in [0.1, 0.15) is 0 Å². The first-order valence-corrected chi connectivity index (χ1v) is 12.1. The van der Waals surface area contributed by atoms with Crippen LogP contribution in [0.1, 0.15) is 47.1 Å². The number of aliphatic hydroxyl groups excluding tert-OH is 1. The molecule has 1 heterocycles. The van der Waals surface area contributed by atoms with Crippen molar-refractivity contribution in [3.63, 3.8) is 0 Å². The van der Waals surface area contributed by atoms with E-state index in [0.717, 1.165) is 64.3 Å². The molecule has 3 aromatic carbocycles. The van der Waals surface area contributed by atoms with Gasteiger partial charge in [0.15, 0.2) is 0 Å². The number of carboxylic acid groups (broad SMARTS) is 1. The highest BCUT2D eigenvalue weighted by atomic mass is 35.5. The van der Waals surface area contributed by atoms with Crippen molar-refractivity contribution in [2.24, 2.45) is 5.92 Å². The van der Waals surface area contributed by atoms with Crippen molar-refractivity contribution in [3.8, 4) is 0 Å². The van der Waals surface area contributed by atoms with Crippen molar-refractivity contribution in [1.82, 2.24) is 10.2 Å². The van der Waals surface area contributed by atoms with Crippen LogP contribution in [0.3, 0.4) is 0 Å². The molecule has 0 aliphatic heterocycles. The lowest BCUT2D eigenvalue weighted by Crippen LogP contribution is -2.15. The third kappa shape index (κ3) is 4.70. The second-order valence-corrected chi connectivity index (χ2v) is 9.36. The molecule has 1 aliphatic rings. The van der Waals surface area contributed by atoms with Crippen LogP contribution >= 0.6 is 11.6 Å². The summed E-state index contributed by atoms with van der Waals surface area (Å²) in [7, 11) is 0. The monoisotopic (exact) mass is 502 g/mol. The zero-order valence-electron chi connectivity index (χ0n) is 19.3. The van der Waals surface area contributed by atoms with Gasteiger partial charge in [-0.05, 0) is 82.0 Å². The first-order valence-electron chi connectivity index (χ1n) is 11.7. The predicted molar refractivity (Wildman–Crippen MR) is 140 cm³/mol. The maximum atomic E-state index is 14.5. The van der Waals surface area contributed by atoms with Crippen LogP contribution in [0.2, 0.25) is 5.02 Å². The number of carbonyl (C=O) groups is 1. The van der Waals surface area contributed by atoms with Gasteiger partial charge >= 0.3 is 5.97 Å². The maximum absolute atomic E-state index is 14.5. The first kappa shape index (κ1) is 24.0. The van der Waals surface area contributed by atoms with E-state index >= 15 is 0 Å². The number of carboxylic acids is 1. The van der Waals surface area contributed by atoms with Gasteiger partial charge in [-0.2, -0.15) is 9.49 Å². The zero-order valence-corrected chi connectivity index (χ0v) is 20.1. The molecular weight excluding hydrogens is 479 g/mol. The number of fused-ring (bicyclic) bond motifs is 1. The van der Waals surface area contributed by atoms with Crippen molar-refractivity contribution in [1.29, 1.82) is 0 Å². The van der Waals surface area contributed by atoms with Crippen LogP contribution in [0.4, 0.5) is 4.39 Å². The van der Waals surface area contributed by atoms with E-state index in [9.17, 15) is 14.3 Å². The molecule has 1 aromatic heterocycles. The van der Waals surface area contributed by atoms with E-state index in [1.807, 2.05) is 42.5 Å². The summed E-state index contributed by atoms with van der Waals surface area (Å²) in [6.07, 6.45) is 5.78. The molecule has 1 fully saturated rings. The van der Waals surface area contributed by atoms with Gasteiger partial charge in [-0.15, -0.1) is 0 Å². The SMILES string of the molecule is O=C(O)C=Cc1ccc(C(=C(c2ccc(CO)cc2Cl)C2CCC2)c2ccc3n[nH]c(F)c3c2)cc1. The number of hydrogen-bond donors (Lipinski definition) is 3. The van der Waals surface area contributed by atoms with E-state index in [2.05, 4.69) is 10.2 Å². The van der Waals surface area contributed by atoms with Gasteiger partial charge in [0.05, 0.1) is 17.5 Å². The Bertz CT molecular complexity index is 1500. The molecule has 1 aliphatic carbocycles. The van der Waals surface area contributed by atoms with Crippen molar-refractivity contribution in [2.45, 2.75) is 25.9 Å². The molecule has 0 atom stereocenters. The van der Waals surface area contributed by atoms with E-state index in [1.54, 1.807) is 24.3 Å². The molecule has 7 heteroatoms. The van der Waals surface area contributed by atoms with Crippen LogP contribution in [0.5, 0.6) is 0 Å². The van der Waals surface area contributed by atoms with E-state index in [1.165, 1.54) is 0 Å². The van der Waals surface area contributed by atoms with Gasteiger partial charge in [-0.25, -0.2) is 4.79 Å². The molecule has 0 saturated heterocycles. The molecule has 4 aromatic rings. The highest BCUT2D eigenvalue weighted by molar-refractivity contribution is 6.33. The summed E-state index contributed by atoms with van der Waals surface area (Å²) in [6.45, 7) is -0.100. The Morgan fingerprint density at radius 3 is 2.47 bits per heavy atom. The van der Waals surface area contributed by atoms with Gasteiger partial charge in [0.25, 0.3) is 0 Å². The number of nitrogens with one attached hydrogen (secondary N) is 1. The molecule has 36 heavy (non-hydrogen) atoms. The lowest BCUT2D eigenvalue weighted by atomic mass is 9.73. The molecule has 0 spiro atoms. The largest absolute Gasteiger partial charge is 0.478 e. The Morgan fingerprint density at radius 1 is 1.08 bits per heavy atom. The number of halogens is 2. The van der Waals surface area contributed by atoms with Gasteiger partial charge in [-0.3, -0.25) is 5.10 Å². The van der Waals surface area contributed by atoms with Crippen molar-refractivity contribution in [3.05, 3.63) is 106 Å². The summed E-state index contributed by atoms with van der Waals surface area (Å²) in [4.78, 5) is 10.9. The number of H-pyrrole nitrogens is 1. The van der Waals surface area contributed by atoms with Crippen LogP contribution in [0.25, 0.3) is 28.1 Å². The molecule has 3 N–H and O–H groups in total. The number of hydrogen-bond acceptors (Lipinski definition) is 3. The number of aliphatic hydroxyl groups is 1. The zero-order chi connectivity index (χ0) is 25.2. The molecular formula is C29H24ClFN2O3. The quantitative estimate of drug-likeness (QED) is 0.194. The fourth-order valence-corrected chi connectivity index (χ4v) is 4.98. The van der Waals surface area contributed by atoms with Crippen molar-refractivity contribution in [2.75, 3.05) is 0 Å². The topological polar surface area (TPSA) is 86.2 Å². The standard InChI is InChI=1S/C29H24ClFN2O3/c30-24-14-18(16-34)6-11-22(24)28(19-2-1-3-19)27(20-8-4-17(5-9-20)7-13-26(35)36)21-10-12-25-23(15-21)29(31)33-32-25/h4-15,19,34H,1-3,16H2,(H,32,33)(H,35,36). The highest BCUT2D eigenvalue weighted by Crippen LogP contribution is 2.47. The fraction of sp³-hybridized carbons (Fsp3) is 0.172. The van der Waals surface area contributed by atoms with Crippen LogP contribution in [0, 0.1) is 11.9 Å².